The van der Waals surface area contributed by atoms with E-state index in [-0.39, 0.29) is 6.04 Å². The van der Waals surface area contributed by atoms with Gasteiger partial charge >= 0.3 is 0 Å². The molecule has 0 spiro atoms. The van der Waals surface area contributed by atoms with Crippen molar-refractivity contribution in [1.82, 2.24) is 15.5 Å². The molecule has 0 bridgehead atoms. The molecule has 0 radical (unpaired) electrons. The smallest absolute Gasteiger partial charge is 0.243 e. The highest BCUT2D eigenvalue weighted by molar-refractivity contribution is 5.22. The van der Waals surface area contributed by atoms with Crippen LogP contribution in [0.5, 0.6) is 0 Å². The molecule has 4 heteroatoms. The van der Waals surface area contributed by atoms with Crippen molar-refractivity contribution < 1.29 is 4.52 Å². The molecular formula is C16H23N3O. The van der Waals surface area contributed by atoms with E-state index in [1.165, 1.54) is 11.1 Å². The number of nitrogens with one attached hydrogen (secondary N) is 1. The van der Waals surface area contributed by atoms with Crippen molar-refractivity contribution >= 4 is 0 Å². The Labute approximate surface area is 120 Å². The summed E-state index contributed by atoms with van der Waals surface area (Å²) < 4.78 is 5.26. The number of rotatable bonds is 6. The predicted molar refractivity (Wildman–Crippen MR) is 79.6 cm³/mol. The molecule has 2 rings (SSSR count). The number of hydrogen-bond donors (Lipinski definition) is 1. The molecule has 0 aliphatic carbocycles. The van der Waals surface area contributed by atoms with Crippen LogP contribution in [0.15, 0.2) is 28.8 Å². The van der Waals surface area contributed by atoms with Crippen molar-refractivity contribution in [1.29, 1.82) is 0 Å². The third-order valence-corrected chi connectivity index (χ3v) is 3.37. The summed E-state index contributed by atoms with van der Waals surface area (Å²) in [4.78, 5) is 4.36. The van der Waals surface area contributed by atoms with Crippen molar-refractivity contribution in [3.8, 4) is 0 Å². The summed E-state index contributed by atoms with van der Waals surface area (Å²) in [6.45, 7) is 8.35. The Morgan fingerprint density at radius 2 is 1.90 bits per heavy atom. The fourth-order valence-electron chi connectivity index (χ4n) is 2.22. The largest absolute Gasteiger partial charge is 0.338 e. The summed E-state index contributed by atoms with van der Waals surface area (Å²) in [5.41, 5.74) is 2.63. The van der Waals surface area contributed by atoms with E-state index in [4.69, 9.17) is 4.52 Å². The van der Waals surface area contributed by atoms with Crippen LogP contribution in [0, 0.1) is 6.92 Å². The molecule has 20 heavy (non-hydrogen) atoms. The number of hydrogen-bond acceptors (Lipinski definition) is 4. The Bertz CT molecular complexity index is 533. The van der Waals surface area contributed by atoms with Gasteiger partial charge in [0, 0.05) is 12.5 Å². The molecule has 0 saturated heterocycles. The standard InChI is InChI=1S/C16H23N3O/c1-5-15-18-16(20-19-15)13(4)17-12(3)10-14-8-6-11(2)7-9-14/h6-9,12-13,17H,5,10H2,1-4H3/t12-,13+/m1/s1. The average Bonchev–Trinajstić information content (AvgIpc) is 2.90. The Morgan fingerprint density at radius 1 is 1.20 bits per heavy atom. The van der Waals surface area contributed by atoms with Crippen molar-refractivity contribution in [3.63, 3.8) is 0 Å². The minimum Gasteiger partial charge on any atom is -0.338 e. The molecule has 1 heterocycles. The highest BCUT2D eigenvalue weighted by Gasteiger charge is 2.16. The number of nitrogens with zero attached hydrogens (tertiary/aromatic N) is 2. The Morgan fingerprint density at radius 3 is 2.50 bits per heavy atom. The summed E-state index contributed by atoms with van der Waals surface area (Å²) in [5.74, 6) is 1.43. The third-order valence-electron chi connectivity index (χ3n) is 3.37. The van der Waals surface area contributed by atoms with Crippen LogP contribution >= 0.6 is 0 Å². The van der Waals surface area contributed by atoms with Gasteiger partial charge in [-0.1, -0.05) is 41.9 Å². The lowest BCUT2D eigenvalue weighted by molar-refractivity contribution is 0.324. The molecule has 0 amide bonds. The van der Waals surface area contributed by atoms with Gasteiger partial charge in [0.25, 0.3) is 0 Å². The van der Waals surface area contributed by atoms with Crippen LogP contribution in [0.25, 0.3) is 0 Å². The second-order valence-corrected chi connectivity index (χ2v) is 5.38. The van der Waals surface area contributed by atoms with Gasteiger partial charge in [-0.05, 0) is 32.8 Å². The summed E-state index contributed by atoms with van der Waals surface area (Å²) >= 11 is 0. The van der Waals surface area contributed by atoms with E-state index in [0.717, 1.165) is 18.7 Å². The van der Waals surface area contributed by atoms with Gasteiger partial charge < -0.3 is 9.84 Å². The van der Waals surface area contributed by atoms with Gasteiger partial charge in [0.1, 0.15) is 0 Å². The number of aryl methyl sites for hydroxylation is 2. The van der Waals surface area contributed by atoms with Crippen molar-refractivity contribution in [2.24, 2.45) is 0 Å². The fraction of sp³-hybridized carbons (Fsp3) is 0.500. The predicted octanol–water partition coefficient (Wildman–Crippen LogP) is 3.22. The summed E-state index contributed by atoms with van der Waals surface area (Å²) in [5, 5.41) is 7.43. The lowest BCUT2D eigenvalue weighted by Crippen LogP contribution is -2.30. The summed E-state index contributed by atoms with van der Waals surface area (Å²) in [6.07, 6.45) is 1.79. The molecule has 2 atom stereocenters. The van der Waals surface area contributed by atoms with Crippen LogP contribution in [0.3, 0.4) is 0 Å². The minimum absolute atomic E-state index is 0.0725. The quantitative estimate of drug-likeness (QED) is 0.878. The molecule has 0 aliphatic rings. The van der Waals surface area contributed by atoms with E-state index in [0.29, 0.717) is 11.9 Å². The van der Waals surface area contributed by atoms with Gasteiger partial charge in [-0.2, -0.15) is 4.98 Å². The molecule has 0 unspecified atom stereocenters. The normalized spacial score (nSPS) is 14.2. The second kappa shape index (κ2) is 6.66. The molecule has 4 nitrogen and oxygen atoms in total. The highest BCUT2D eigenvalue weighted by atomic mass is 16.5. The molecule has 1 aromatic carbocycles. The van der Waals surface area contributed by atoms with E-state index in [2.05, 4.69) is 60.5 Å². The SMILES string of the molecule is CCc1noc([C@H](C)N[C@H](C)Cc2ccc(C)cc2)n1. The summed E-state index contributed by atoms with van der Waals surface area (Å²) in [7, 11) is 0. The average molecular weight is 273 g/mol. The number of aromatic nitrogens is 2. The lowest BCUT2D eigenvalue weighted by Gasteiger charge is -2.17. The summed E-state index contributed by atoms with van der Waals surface area (Å²) in [6, 6.07) is 9.08. The Hall–Kier alpha value is -1.68. The van der Waals surface area contributed by atoms with Gasteiger partial charge in [0.2, 0.25) is 5.89 Å². The van der Waals surface area contributed by atoms with Gasteiger partial charge in [-0.15, -0.1) is 0 Å². The maximum Gasteiger partial charge on any atom is 0.243 e. The molecule has 0 aliphatic heterocycles. The zero-order valence-corrected chi connectivity index (χ0v) is 12.7. The van der Waals surface area contributed by atoms with Gasteiger partial charge in [0.15, 0.2) is 5.82 Å². The van der Waals surface area contributed by atoms with E-state index in [9.17, 15) is 0 Å². The molecule has 0 fully saturated rings. The van der Waals surface area contributed by atoms with Crippen LogP contribution in [0.4, 0.5) is 0 Å². The first-order valence-corrected chi connectivity index (χ1v) is 7.22. The molecule has 2 aromatic rings. The van der Waals surface area contributed by atoms with Gasteiger partial charge in [-0.3, -0.25) is 0 Å². The first kappa shape index (κ1) is 14.7. The molecule has 1 aromatic heterocycles. The molecule has 108 valence electrons. The Kier molecular flexibility index (Phi) is 4.90. The highest BCUT2D eigenvalue weighted by Crippen LogP contribution is 2.13. The van der Waals surface area contributed by atoms with Crippen LogP contribution < -0.4 is 5.32 Å². The van der Waals surface area contributed by atoms with Crippen LogP contribution in [0.1, 0.15) is 49.7 Å². The van der Waals surface area contributed by atoms with Gasteiger partial charge in [-0.25, -0.2) is 0 Å². The zero-order chi connectivity index (χ0) is 14.5. The first-order chi connectivity index (χ1) is 9.58. The van der Waals surface area contributed by atoms with E-state index < -0.39 is 0 Å². The number of benzene rings is 1. The second-order valence-electron chi connectivity index (χ2n) is 5.38. The van der Waals surface area contributed by atoms with Crippen molar-refractivity contribution in [2.45, 2.75) is 52.6 Å². The first-order valence-electron chi connectivity index (χ1n) is 7.22. The van der Waals surface area contributed by atoms with E-state index >= 15 is 0 Å². The molecule has 1 N–H and O–H groups in total. The van der Waals surface area contributed by atoms with E-state index in [1.54, 1.807) is 0 Å². The van der Waals surface area contributed by atoms with E-state index in [1.807, 2.05) is 6.92 Å². The fourth-order valence-corrected chi connectivity index (χ4v) is 2.22. The van der Waals surface area contributed by atoms with Crippen LogP contribution in [-0.2, 0) is 12.8 Å². The monoisotopic (exact) mass is 273 g/mol. The van der Waals surface area contributed by atoms with Crippen molar-refractivity contribution in [3.05, 3.63) is 47.1 Å². The molecular weight excluding hydrogens is 250 g/mol. The molecule has 0 saturated carbocycles. The minimum atomic E-state index is 0.0725. The third kappa shape index (κ3) is 3.90. The maximum absolute atomic E-state index is 5.26. The van der Waals surface area contributed by atoms with Crippen LogP contribution in [-0.4, -0.2) is 16.2 Å². The zero-order valence-electron chi connectivity index (χ0n) is 12.7. The van der Waals surface area contributed by atoms with Crippen LogP contribution in [0.2, 0.25) is 0 Å². The Balaban J connectivity index is 1.90. The lowest BCUT2D eigenvalue weighted by atomic mass is 10.1. The maximum atomic E-state index is 5.26. The van der Waals surface area contributed by atoms with Crippen molar-refractivity contribution in [2.75, 3.05) is 0 Å². The topological polar surface area (TPSA) is 51.0 Å². The van der Waals surface area contributed by atoms with Gasteiger partial charge in [0.05, 0.1) is 6.04 Å².